The first-order valence-electron chi connectivity index (χ1n) is 6.98. The quantitative estimate of drug-likeness (QED) is 0.691. The molecule has 0 saturated carbocycles. The fourth-order valence-corrected chi connectivity index (χ4v) is 2.87. The van der Waals surface area contributed by atoms with Crippen LogP contribution in [0.2, 0.25) is 0 Å². The first-order chi connectivity index (χ1) is 10.7. The summed E-state index contributed by atoms with van der Waals surface area (Å²) < 4.78 is 5.68. The number of nitrogens with one attached hydrogen (secondary N) is 1. The molecule has 4 heteroatoms. The van der Waals surface area contributed by atoms with Crippen LogP contribution in [0.25, 0.3) is 27.4 Å². The van der Waals surface area contributed by atoms with Gasteiger partial charge >= 0.3 is 0 Å². The predicted molar refractivity (Wildman–Crippen MR) is 89.9 cm³/mol. The molecule has 0 atom stereocenters. The van der Waals surface area contributed by atoms with Gasteiger partial charge in [0.1, 0.15) is 11.8 Å². The monoisotopic (exact) mass is 309 g/mol. The Morgan fingerprint density at radius 2 is 1.95 bits per heavy atom. The van der Waals surface area contributed by atoms with Gasteiger partial charge in [-0.3, -0.25) is 4.79 Å². The van der Waals surface area contributed by atoms with E-state index in [1.165, 1.54) is 6.26 Å². The minimum absolute atomic E-state index is 0.0387. The van der Waals surface area contributed by atoms with Gasteiger partial charge in [0, 0.05) is 10.7 Å². The molecule has 22 heavy (non-hydrogen) atoms. The molecule has 4 rings (SSSR count). The Balaban J connectivity index is 2.05. The third kappa shape index (κ3) is 2.02. The van der Waals surface area contributed by atoms with Gasteiger partial charge in [0.15, 0.2) is 0 Å². The zero-order valence-corrected chi connectivity index (χ0v) is 12.4. The predicted octanol–water partition coefficient (Wildman–Crippen LogP) is 4.01. The molecular weight excluding hydrogens is 298 g/mol. The van der Waals surface area contributed by atoms with Crippen LogP contribution in [0.1, 0.15) is 5.56 Å². The molecule has 1 aliphatic heterocycles. The van der Waals surface area contributed by atoms with Gasteiger partial charge in [-0.15, -0.1) is 0 Å². The number of halogens is 1. The Hall–Kier alpha value is -2.52. The maximum atomic E-state index is 12.9. The van der Waals surface area contributed by atoms with Crippen molar-refractivity contribution in [3.05, 3.63) is 75.6 Å². The lowest BCUT2D eigenvalue weighted by molar-refractivity contribution is 0.600. The SMILES string of the molecule is O=c1c(C2=CC=C(Cl)CN2)coc2ccc3ccccc3c12. The molecular formula is C18H12ClNO2. The lowest BCUT2D eigenvalue weighted by Crippen LogP contribution is -2.21. The van der Waals surface area contributed by atoms with Crippen LogP contribution in [0, 0.1) is 0 Å². The van der Waals surface area contributed by atoms with Crippen LogP contribution in [-0.4, -0.2) is 6.54 Å². The highest BCUT2D eigenvalue weighted by molar-refractivity contribution is 6.30. The lowest BCUT2D eigenvalue weighted by atomic mass is 10.0. The molecule has 0 bridgehead atoms. The summed E-state index contributed by atoms with van der Waals surface area (Å²) in [5.41, 5.74) is 1.80. The second-order valence-electron chi connectivity index (χ2n) is 5.19. The molecule has 0 saturated heterocycles. The van der Waals surface area contributed by atoms with Gasteiger partial charge in [-0.1, -0.05) is 41.9 Å². The zero-order chi connectivity index (χ0) is 15.1. The minimum Gasteiger partial charge on any atom is -0.463 e. The van der Waals surface area contributed by atoms with Crippen LogP contribution >= 0.6 is 11.6 Å². The third-order valence-corrected chi connectivity index (χ3v) is 4.09. The smallest absolute Gasteiger partial charge is 0.202 e. The highest BCUT2D eigenvalue weighted by atomic mass is 35.5. The summed E-state index contributed by atoms with van der Waals surface area (Å²) in [6.07, 6.45) is 5.10. The van der Waals surface area contributed by atoms with Crippen molar-refractivity contribution in [2.24, 2.45) is 0 Å². The van der Waals surface area contributed by atoms with Gasteiger partial charge in [-0.2, -0.15) is 0 Å². The summed E-state index contributed by atoms with van der Waals surface area (Å²) in [4.78, 5) is 12.9. The number of allylic oxidation sites excluding steroid dienone is 2. The average molecular weight is 310 g/mol. The molecule has 0 amide bonds. The molecule has 0 unspecified atom stereocenters. The van der Waals surface area contributed by atoms with E-state index in [9.17, 15) is 4.79 Å². The Labute approximate surface area is 131 Å². The Kier molecular flexibility index (Phi) is 3.01. The second-order valence-corrected chi connectivity index (χ2v) is 5.67. The van der Waals surface area contributed by atoms with Crippen molar-refractivity contribution in [2.75, 3.05) is 6.54 Å². The summed E-state index contributed by atoms with van der Waals surface area (Å²) in [5, 5.41) is 6.38. The van der Waals surface area contributed by atoms with Gasteiger partial charge in [0.25, 0.3) is 0 Å². The van der Waals surface area contributed by atoms with Crippen molar-refractivity contribution >= 4 is 39.0 Å². The van der Waals surface area contributed by atoms with Crippen LogP contribution in [0.3, 0.4) is 0 Å². The van der Waals surface area contributed by atoms with Crippen LogP contribution in [0.5, 0.6) is 0 Å². The van der Waals surface area contributed by atoms with E-state index in [4.69, 9.17) is 16.0 Å². The average Bonchev–Trinajstić information content (AvgIpc) is 2.56. The fourth-order valence-electron chi connectivity index (χ4n) is 2.74. The van der Waals surface area contributed by atoms with Crippen LogP contribution in [0.15, 0.2) is 69.1 Å². The van der Waals surface area contributed by atoms with Crippen molar-refractivity contribution in [3.8, 4) is 0 Å². The Bertz CT molecular complexity index is 1010. The first kappa shape index (κ1) is 13.2. The number of rotatable bonds is 1. The maximum Gasteiger partial charge on any atom is 0.202 e. The second kappa shape index (κ2) is 5.04. The van der Waals surface area contributed by atoms with Gasteiger partial charge < -0.3 is 9.73 Å². The topological polar surface area (TPSA) is 42.2 Å². The zero-order valence-electron chi connectivity index (χ0n) is 11.6. The fraction of sp³-hybridized carbons (Fsp3) is 0.0556. The Morgan fingerprint density at radius 1 is 1.09 bits per heavy atom. The molecule has 3 aromatic rings. The summed E-state index contributed by atoms with van der Waals surface area (Å²) in [6.45, 7) is 0.514. The number of hydrogen-bond acceptors (Lipinski definition) is 3. The number of dihydropyridines is 1. The van der Waals surface area contributed by atoms with E-state index in [2.05, 4.69) is 5.32 Å². The van der Waals surface area contributed by atoms with E-state index in [1.54, 1.807) is 12.2 Å². The van der Waals surface area contributed by atoms with E-state index in [-0.39, 0.29) is 5.43 Å². The highest BCUT2D eigenvalue weighted by Crippen LogP contribution is 2.25. The molecule has 1 N–H and O–H groups in total. The minimum atomic E-state index is -0.0387. The van der Waals surface area contributed by atoms with Gasteiger partial charge in [-0.25, -0.2) is 0 Å². The molecule has 0 aliphatic carbocycles. The van der Waals surface area contributed by atoms with E-state index in [0.717, 1.165) is 16.5 Å². The highest BCUT2D eigenvalue weighted by Gasteiger charge is 2.14. The summed E-state index contributed by atoms with van der Waals surface area (Å²) in [7, 11) is 0. The largest absolute Gasteiger partial charge is 0.463 e. The maximum absolute atomic E-state index is 12.9. The molecule has 3 nitrogen and oxygen atoms in total. The number of hydrogen-bond donors (Lipinski definition) is 1. The van der Waals surface area contributed by atoms with Crippen LogP contribution in [-0.2, 0) is 0 Å². The lowest BCUT2D eigenvalue weighted by Gasteiger charge is -2.14. The van der Waals surface area contributed by atoms with Crippen LogP contribution < -0.4 is 10.7 Å². The van der Waals surface area contributed by atoms with Crippen LogP contribution in [0.4, 0.5) is 0 Å². The van der Waals surface area contributed by atoms with Gasteiger partial charge in [0.2, 0.25) is 5.43 Å². The Morgan fingerprint density at radius 3 is 2.77 bits per heavy atom. The standard InChI is InChI=1S/C18H12ClNO2/c19-12-6-7-15(20-9-12)14-10-22-16-8-5-11-3-1-2-4-13(11)17(16)18(14)21/h1-8,10,20H,9H2. The van der Waals surface area contributed by atoms with E-state index >= 15 is 0 Å². The summed E-state index contributed by atoms with van der Waals surface area (Å²) >= 11 is 5.93. The number of benzene rings is 2. The summed E-state index contributed by atoms with van der Waals surface area (Å²) in [6, 6.07) is 11.6. The van der Waals surface area contributed by atoms with Gasteiger partial charge in [-0.05, 0) is 29.0 Å². The normalized spacial score (nSPS) is 14.6. The van der Waals surface area contributed by atoms with E-state index in [1.807, 2.05) is 36.4 Å². The molecule has 108 valence electrons. The van der Waals surface area contributed by atoms with Crippen molar-refractivity contribution in [1.82, 2.24) is 5.32 Å². The van der Waals surface area contributed by atoms with Gasteiger partial charge in [0.05, 0.1) is 17.5 Å². The van der Waals surface area contributed by atoms with Crippen molar-refractivity contribution in [1.29, 1.82) is 0 Å². The van der Waals surface area contributed by atoms with E-state index in [0.29, 0.717) is 28.1 Å². The third-order valence-electron chi connectivity index (χ3n) is 3.83. The van der Waals surface area contributed by atoms with E-state index < -0.39 is 0 Å². The molecule has 2 aromatic carbocycles. The molecule has 2 heterocycles. The molecule has 0 radical (unpaired) electrons. The first-order valence-corrected chi connectivity index (χ1v) is 7.36. The van der Waals surface area contributed by atoms with Crippen molar-refractivity contribution in [3.63, 3.8) is 0 Å². The molecule has 0 spiro atoms. The molecule has 1 aromatic heterocycles. The van der Waals surface area contributed by atoms with Crippen molar-refractivity contribution < 1.29 is 4.42 Å². The summed E-state index contributed by atoms with van der Waals surface area (Å²) in [5.74, 6) is 0. The molecule has 1 aliphatic rings. The number of fused-ring (bicyclic) bond motifs is 3. The van der Waals surface area contributed by atoms with Crippen molar-refractivity contribution in [2.45, 2.75) is 0 Å². The molecule has 0 fully saturated rings.